The zero-order valence-electron chi connectivity index (χ0n) is 20.6. The van der Waals surface area contributed by atoms with E-state index in [0.717, 1.165) is 35.5 Å². The molecule has 0 aromatic carbocycles. The number of allylic oxidation sites excluding steroid dienone is 4. The van der Waals surface area contributed by atoms with Crippen LogP contribution in [0.1, 0.15) is 106 Å². The largest absolute Gasteiger partial charge is 0.0868 e. The van der Waals surface area contributed by atoms with Gasteiger partial charge in [0.15, 0.2) is 0 Å². The molecule has 0 unspecified atom stereocenters. The lowest BCUT2D eigenvalue weighted by atomic mass is 9.45. The second kappa shape index (κ2) is 7.56. The van der Waals surface area contributed by atoms with Crippen molar-refractivity contribution in [2.75, 3.05) is 0 Å². The topological polar surface area (TPSA) is 0 Å². The summed E-state index contributed by atoms with van der Waals surface area (Å²) >= 11 is 0. The number of fused-ring (bicyclic) bond motifs is 5. The zero-order valence-corrected chi connectivity index (χ0v) is 20.6. The highest BCUT2D eigenvalue weighted by atomic mass is 14.6. The van der Waals surface area contributed by atoms with E-state index in [1.54, 1.807) is 5.57 Å². The molecule has 0 aromatic heterocycles. The lowest BCUT2D eigenvalue weighted by Gasteiger charge is -2.59. The fourth-order valence-corrected chi connectivity index (χ4v) is 9.07. The molecule has 0 nitrogen and oxygen atoms in total. The second-order valence-corrected chi connectivity index (χ2v) is 13.0. The van der Waals surface area contributed by atoms with Gasteiger partial charge in [-0.05, 0) is 84.9 Å². The maximum Gasteiger partial charge on any atom is 0.00399 e. The SMILES string of the molecule is CC(C)CCC[C@@H](C)[C@H]1CC[C@H]2[C@@H]3CC=C4C(C)(C)C=CC[C@]4(C)[C@H]3CC[C@]12C. The molecule has 0 amide bonds. The van der Waals surface area contributed by atoms with Crippen LogP contribution >= 0.6 is 0 Å². The summed E-state index contributed by atoms with van der Waals surface area (Å²) in [7, 11) is 0. The van der Waals surface area contributed by atoms with E-state index in [-0.39, 0.29) is 5.41 Å². The van der Waals surface area contributed by atoms with E-state index >= 15 is 0 Å². The molecular formula is C29H48. The average Bonchev–Trinajstić information content (AvgIpc) is 2.98. The third-order valence-electron chi connectivity index (χ3n) is 10.4. The van der Waals surface area contributed by atoms with E-state index < -0.39 is 0 Å². The summed E-state index contributed by atoms with van der Waals surface area (Å²) in [4.78, 5) is 0. The standard InChI is InChI=1S/C29H48/c1-20(2)10-8-11-21(3)23-13-14-24-22-12-15-26-27(4,5)17-9-18-29(26,7)25(22)16-19-28(23,24)6/h9,15,17,20-25H,8,10-14,16,18-19H2,1-7H3/t21-,22+,23-,24+,25+,28-,29-/m1/s1. The molecule has 2 fully saturated rings. The Hall–Kier alpha value is -0.520. The zero-order chi connectivity index (χ0) is 21.0. The molecule has 2 saturated carbocycles. The van der Waals surface area contributed by atoms with Crippen molar-refractivity contribution < 1.29 is 0 Å². The van der Waals surface area contributed by atoms with Crippen molar-refractivity contribution in [1.82, 2.24) is 0 Å². The summed E-state index contributed by atoms with van der Waals surface area (Å²) in [6, 6.07) is 0. The van der Waals surface area contributed by atoms with E-state index in [0.29, 0.717) is 10.8 Å². The minimum Gasteiger partial charge on any atom is -0.0868 e. The van der Waals surface area contributed by atoms with Gasteiger partial charge in [-0.15, -0.1) is 0 Å². The Balaban J connectivity index is 1.53. The van der Waals surface area contributed by atoms with Gasteiger partial charge < -0.3 is 0 Å². The second-order valence-electron chi connectivity index (χ2n) is 13.0. The fraction of sp³-hybridized carbons (Fsp3) is 0.862. The summed E-state index contributed by atoms with van der Waals surface area (Å²) in [6.07, 6.45) is 20.7. The van der Waals surface area contributed by atoms with E-state index in [2.05, 4.69) is 66.7 Å². The molecule has 0 radical (unpaired) electrons. The van der Waals surface area contributed by atoms with Crippen molar-refractivity contribution in [2.45, 2.75) is 106 Å². The quantitative estimate of drug-likeness (QED) is 0.407. The third-order valence-corrected chi connectivity index (χ3v) is 10.4. The van der Waals surface area contributed by atoms with E-state index in [1.165, 1.54) is 57.8 Å². The summed E-state index contributed by atoms with van der Waals surface area (Å²) in [6.45, 7) is 17.6. The van der Waals surface area contributed by atoms with E-state index in [9.17, 15) is 0 Å². The van der Waals surface area contributed by atoms with Crippen LogP contribution in [0.4, 0.5) is 0 Å². The number of rotatable bonds is 5. The lowest BCUT2D eigenvalue weighted by molar-refractivity contribution is -0.0481. The third kappa shape index (κ3) is 3.49. The van der Waals surface area contributed by atoms with Crippen LogP contribution in [0.3, 0.4) is 0 Å². The Morgan fingerprint density at radius 3 is 2.45 bits per heavy atom. The molecule has 0 aliphatic heterocycles. The fourth-order valence-electron chi connectivity index (χ4n) is 9.07. The molecule has 7 atom stereocenters. The van der Waals surface area contributed by atoms with Gasteiger partial charge >= 0.3 is 0 Å². The van der Waals surface area contributed by atoms with Crippen LogP contribution in [0.15, 0.2) is 23.8 Å². The summed E-state index contributed by atoms with van der Waals surface area (Å²) in [5, 5.41) is 0. The predicted molar refractivity (Wildman–Crippen MR) is 127 cm³/mol. The van der Waals surface area contributed by atoms with Gasteiger partial charge in [-0.25, -0.2) is 0 Å². The first-order chi connectivity index (χ1) is 13.6. The maximum absolute atomic E-state index is 2.72. The molecule has 0 bridgehead atoms. The molecule has 0 heterocycles. The molecule has 4 rings (SSSR count). The number of hydrogen-bond donors (Lipinski definition) is 0. The molecule has 0 heteroatoms. The Morgan fingerprint density at radius 2 is 1.72 bits per heavy atom. The monoisotopic (exact) mass is 396 g/mol. The summed E-state index contributed by atoms with van der Waals surface area (Å²) in [5.74, 6) is 5.59. The molecule has 29 heavy (non-hydrogen) atoms. The molecule has 0 spiro atoms. The van der Waals surface area contributed by atoms with Crippen LogP contribution in [-0.2, 0) is 0 Å². The smallest absolute Gasteiger partial charge is 0.00399 e. The maximum atomic E-state index is 2.72. The summed E-state index contributed by atoms with van der Waals surface area (Å²) < 4.78 is 0. The summed E-state index contributed by atoms with van der Waals surface area (Å²) in [5.41, 5.74) is 3.07. The molecular weight excluding hydrogens is 348 g/mol. The van der Waals surface area contributed by atoms with Gasteiger partial charge in [-0.3, -0.25) is 0 Å². The first-order valence-electron chi connectivity index (χ1n) is 13.0. The molecule has 164 valence electrons. The van der Waals surface area contributed by atoms with Crippen molar-refractivity contribution in [3.8, 4) is 0 Å². The molecule has 0 saturated heterocycles. The van der Waals surface area contributed by atoms with Gasteiger partial charge in [0.05, 0.1) is 0 Å². The highest BCUT2D eigenvalue weighted by molar-refractivity contribution is 5.35. The molecule has 0 N–H and O–H groups in total. The Bertz CT molecular complexity index is 664. The minimum atomic E-state index is 0.266. The van der Waals surface area contributed by atoms with Crippen LogP contribution in [-0.4, -0.2) is 0 Å². The van der Waals surface area contributed by atoms with Gasteiger partial charge in [0.1, 0.15) is 0 Å². The van der Waals surface area contributed by atoms with Gasteiger partial charge in [0.25, 0.3) is 0 Å². The van der Waals surface area contributed by atoms with Crippen molar-refractivity contribution in [2.24, 2.45) is 51.8 Å². The molecule has 0 aromatic rings. The highest BCUT2D eigenvalue weighted by Gasteiger charge is 2.59. The van der Waals surface area contributed by atoms with Crippen LogP contribution in [0.2, 0.25) is 0 Å². The van der Waals surface area contributed by atoms with Crippen LogP contribution in [0, 0.1) is 51.8 Å². The Labute approximate surface area is 182 Å². The van der Waals surface area contributed by atoms with Crippen molar-refractivity contribution in [1.29, 1.82) is 0 Å². The van der Waals surface area contributed by atoms with Gasteiger partial charge in [-0.2, -0.15) is 0 Å². The van der Waals surface area contributed by atoms with Crippen molar-refractivity contribution in [3.05, 3.63) is 23.8 Å². The molecule has 4 aliphatic rings. The van der Waals surface area contributed by atoms with E-state index in [4.69, 9.17) is 0 Å². The van der Waals surface area contributed by atoms with Gasteiger partial charge in [0, 0.05) is 5.41 Å². The minimum absolute atomic E-state index is 0.266. The van der Waals surface area contributed by atoms with Crippen molar-refractivity contribution >= 4 is 0 Å². The lowest BCUT2D eigenvalue weighted by Crippen LogP contribution is -2.51. The van der Waals surface area contributed by atoms with Crippen LogP contribution in [0.25, 0.3) is 0 Å². The average molecular weight is 397 g/mol. The van der Waals surface area contributed by atoms with Crippen molar-refractivity contribution in [3.63, 3.8) is 0 Å². The first-order valence-corrected chi connectivity index (χ1v) is 13.0. The van der Waals surface area contributed by atoms with Crippen LogP contribution < -0.4 is 0 Å². The Kier molecular flexibility index (Phi) is 5.66. The van der Waals surface area contributed by atoms with E-state index in [1.807, 2.05) is 0 Å². The number of hydrogen-bond acceptors (Lipinski definition) is 0. The first kappa shape index (κ1) is 21.7. The molecule has 4 aliphatic carbocycles. The Morgan fingerprint density at radius 1 is 0.966 bits per heavy atom. The van der Waals surface area contributed by atoms with Gasteiger partial charge in [0.2, 0.25) is 0 Å². The van der Waals surface area contributed by atoms with Crippen LogP contribution in [0.5, 0.6) is 0 Å². The normalized spacial score (nSPS) is 44.1. The highest BCUT2D eigenvalue weighted by Crippen LogP contribution is 2.68. The van der Waals surface area contributed by atoms with Gasteiger partial charge in [-0.1, -0.05) is 91.5 Å². The predicted octanol–water partition coefficient (Wildman–Crippen LogP) is 8.83.